The van der Waals surface area contributed by atoms with Gasteiger partial charge in [-0.25, -0.2) is 17.8 Å². The summed E-state index contributed by atoms with van der Waals surface area (Å²) >= 11 is 1.29. The summed E-state index contributed by atoms with van der Waals surface area (Å²) in [5, 5.41) is 8.80. The lowest BCUT2D eigenvalue weighted by Gasteiger charge is -2.21. The Hall–Kier alpha value is -2.67. The van der Waals surface area contributed by atoms with Crippen LogP contribution in [0.4, 0.5) is 9.52 Å². The summed E-state index contributed by atoms with van der Waals surface area (Å²) < 4.78 is 45.7. The Morgan fingerprint density at radius 2 is 1.94 bits per heavy atom. The molecule has 1 aliphatic heterocycles. The number of nitrogens with one attached hydrogen (secondary N) is 1. The first kappa shape index (κ1) is 23.5. The molecule has 12 heteroatoms. The summed E-state index contributed by atoms with van der Waals surface area (Å²) in [4.78, 5) is 19.0. The molecule has 0 saturated carbocycles. The van der Waals surface area contributed by atoms with Crippen LogP contribution < -0.4 is 5.32 Å². The van der Waals surface area contributed by atoms with Crippen molar-refractivity contribution in [3.8, 4) is 11.3 Å². The number of hydrogen-bond acceptors (Lipinski definition) is 8. The van der Waals surface area contributed by atoms with Gasteiger partial charge in [-0.1, -0.05) is 5.16 Å². The van der Waals surface area contributed by atoms with E-state index in [1.165, 1.54) is 27.8 Å². The first-order chi connectivity index (χ1) is 15.7. The molecule has 1 N–H and O–H groups in total. The van der Waals surface area contributed by atoms with Crippen LogP contribution in [0.1, 0.15) is 17.9 Å². The predicted molar refractivity (Wildman–Crippen MR) is 122 cm³/mol. The third kappa shape index (κ3) is 5.29. The minimum absolute atomic E-state index is 0.120. The third-order valence-corrected chi connectivity index (χ3v) is 8.27. The van der Waals surface area contributed by atoms with Crippen LogP contribution in [-0.4, -0.2) is 66.4 Å². The number of amides is 1. The lowest BCUT2D eigenvalue weighted by molar-refractivity contribution is -0.117. The Kier molecular flexibility index (Phi) is 6.88. The number of benzene rings is 1. The van der Waals surface area contributed by atoms with E-state index in [0.29, 0.717) is 42.6 Å². The fourth-order valence-corrected chi connectivity index (χ4v) is 6.26. The number of carbonyl (C=O) groups is 1. The van der Waals surface area contributed by atoms with Crippen LogP contribution in [0.15, 0.2) is 39.1 Å². The Bertz CT molecular complexity index is 1220. The second kappa shape index (κ2) is 9.67. The number of nitrogens with zero attached hydrogens (tertiary/aromatic N) is 4. The van der Waals surface area contributed by atoms with Crippen LogP contribution >= 0.6 is 11.3 Å². The van der Waals surface area contributed by atoms with Crippen LogP contribution in [0.3, 0.4) is 0 Å². The number of hydrogen-bond donors (Lipinski definition) is 1. The number of carbonyl (C=O) groups excluding carboxylic acids is 1. The van der Waals surface area contributed by atoms with Crippen LogP contribution in [0.5, 0.6) is 0 Å². The van der Waals surface area contributed by atoms with Crippen LogP contribution in [0, 0.1) is 19.7 Å². The van der Waals surface area contributed by atoms with E-state index >= 15 is 0 Å². The normalized spacial score (nSPS) is 16.0. The van der Waals surface area contributed by atoms with Crippen molar-refractivity contribution < 1.29 is 22.1 Å². The van der Waals surface area contributed by atoms with E-state index in [1.54, 1.807) is 31.4 Å². The summed E-state index contributed by atoms with van der Waals surface area (Å²) in [5.74, 6) is -0.272. The van der Waals surface area contributed by atoms with Gasteiger partial charge in [-0.2, -0.15) is 4.31 Å². The molecular formula is C21H24FN5O4S2. The molecule has 176 valence electrons. The lowest BCUT2D eigenvalue weighted by Crippen LogP contribution is -2.38. The van der Waals surface area contributed by atoms with Gasteiger partial charge in [0.1, 0.15) is 16.4 Å². The van der Waals surface area contributed by atoms with Gasteiger partial charge in [0.15, 0.2) is 10.9 Å². The molecule has 4 rings (SSSR count). The van der Waals surface area contributed by atoms with Gasteiger partial charge in [-0.3, -0.25) is 9.69 Å². The maximum absolute atomic E-state index is 13.1. The van der Waals surface area contributed by atoms with Gasteiger partial charge in [0, 0.05) is 30.6 Å². The molecule has 3 aromatic rings. The van der Waals surface area contributed by atoms with E-state index in [-0.39, 0.29) is 35.5 Å². The van der Waals surface area contributed by atoms with Gasteiger partial charge < -0.3 is 9.84 Å². The number of thiazole rings is 1. The average Bonchev–Trinajstić information content (AvgIpc) is 3.28. The molecule has 2 aromatic heterocycles. The molecule has 33 heavy (non-hydrogen) atoms. The van der Waals surface area contributed by atoms with E-state index in [2.05, 4.69) is 15.5 Å². The monoisotopic (exact) mass is 493 g/mol. The molecule has 0 unspecified atom stereocenters. The number of rotatable bonds is 6. The summed E-state index contributed by atoms with van der Waals surface area (Å²) in [5.41, 5.74) is 1.77. The first-order valence-corrected chi connectivity index (χ1v) is 12.7. The van der Waals surface area contributed by atoms with Crippen LogP contribution in [0.2, 0.25) is 0 Å². The Morgan fingerprint density at radius 3 is 2.64 bits per heavy atom. The van der Waals surface area contributed by atoms with Gasteiger partial charge >= 0.3 is 0 Å². The van der Waals surface area contributed by atoms with Gasteiger partial charge in [-0.05, 0) is 51.1 Å². The molecule has 9 nitrogen and oxygen atoms in total. The molecule has 0 aliphatic carbocycles. The number of aryl methyl sites for hydroxylation is 2. The minimum Gasteiger partial charge on any atom is -0.360 e. The van der Waals surface area contributed by atoms with Gasteiger partial charge in [-0.15, -0.1) is 11.3 Å². The van der Waals surface area contributed by atoms with Crippen molar-refractivity contribution in [3.63, 3.8) is 0 Å². The summed E-state index contributed by atoms with van der Waals surface area (Å²) in [7, 11) is -3.71. The first-order valence-electron chi connectivity index (χ1n) is 10.4. The van der Waals surface area contributed by atoms with Crippen molar-refractivity contribution in [2.75, 3.05) is 38.0 Å². The maximum atomic E-state index is 13.1. The summed E-state index contributed by atoms with van der Waals surface area (Å²) in [6, 6.07) is 5.99. The molecule has 1 aromatic carbocycles. The molecule has 0 spiro atoms. The largest absolute Gasteiger partial charge is 0.360 e. The molecule has 1 saturated heterocycles. The van der Waals surface area contributed by atoms with Gasteiger partial charge in [0.2, 0.25) is 15.9 Å². The minimum atomic E-state index is -3.71. The molecule has 0 atom stereocenters. The van der Waals surface area contributed by atoms with E-state index in [0.717, 1.165) is 5.56 Å². The smallest absolute Gasteiger partial charge is 0.248 e. The number of aromatic nitrogens is 2. The standard InChI is InChI=1S/C21H24FN5O4S2/c1-14-20(15(2)31-25-14)33(29,30)27-9-3-8-26(10-11-27)12-19(28)24-21-23-18(13-32-21)16-4-6-17(22)7-5-16/h4-7,13H,3,8-12H2,1-2H3,(H,23,24,28). The van der Waals surface area contributed by atoms with E-state index in [9.17, 15) is 17.6 Å². The van der Waals surface area contributed by atoms with Crippen molar-refractivity contribution in [2.24, 2.45) is 0 Å². The zero-order valence-corrected chi connectivity index (χ0v) is 19.9. The Labute approximate surface area is 195 Å². The number of halogens is 1. The van der Waals surface area contributed by atoms with Crippen molar-refractivity contribution in [1.82, 2.24) is 19.3 Å². The average molecular weight is 494 g/mol. The fourth-order valence-electron chi connectivity index (χ4n) is 3.76. The molecular weight excluding hydrogens is 469 g/mol. The Balaban J connectivity index is 1.34. The number of sulfonamides is 1. The fraction of sp³-hybridized carbons (Fsp3) is 0.381. The van der Waals surface area contributed by atoms with E-state index < -0.39 is 10.0 Å². The van der Waals surface area contributed by atoms with Gasteiger partial charge in [0.05, 0.1) is 12.2 Å². The molecule has 3 heterocycles. The third-order valence-electron chi connectivity index (χ3n) is 5.37. The van der Waals surface area contributed by atoms with Crippen LogP contribution in [0.25, 0.3) is 11.3 Å². The molecule has 0 radical (unpaired) electrons. The zero-order chi connectivity index (χ0) is 23.6. The molecule has 0 bridgehead atoms. The van der Waals surface area contributed by atoms with Crippen molar-refractivity contribution >= 4 is 32.4 Å². The highest BCUT2D eigenvalue weighted by Gasteiger charge is 2.32. The highest BCUT2D eigenvalue weighted by molar-refractivity contribution is 7.89. The lowest BCUT2D eigenvalue weighted by atomic mass is 10.2. The topological polar surface area (TPSA) is 109 Å². The summed E-state index contributed by atoms with van der Waals surface area (Å²) in [6.45, 7) is 4.97. The maximum Gasteiger partial charge on any atom is 0.248 e. The van der Waals surface area contributed by atoms with E-state index in [1.807, 2.05) is 4.90 Å². The predicted octanol–water partition coefficient (Wildman–Crippen LogP) is 2.89. The van der Waals surface area contributed by atoms with Gasteiger partial charge in [0.25, 0.3) is 0 Å². The highest BCUT2D eigenvalue weighted by Crippen LogP contribution is 2.26. The number of anilines is 1. The Morgan fingerprint density at radius 1 is 1.18 bits per heavy atom. The van der Waals surface area contributed by atoms with Crippen LogP contribution in [-0.2, 0) is 14.8 Å². The van der Waals surface area contributed by atoms with Crippen molar-refractivity contribution in [3.05, 3.63) is 46.9 Å². The van der Waals surface area contributed by atoms with Crippen molar-refractivity contribution in [1.29, 1.82) is 0 Å². The highest BCUT2D eigenvalue weighted by atomic mass is 32.2. The van der Waals surface area contributed by atoms with Crippen molar-refractivity contribution in [2.45, 2.75) is 25.2 Å². The quantitative estimate of drug-likeness (QED) is 0.562. The second-order valence-electron chi connectivity index (χ2n) is 7.78. The van der Waals surface area contributed by atoms with E-state index in [4.69, 9.17) is 4.52 Å². The zero-order valence-electron chi connectivity index (χ0n) is 18.2. The summed E-state index contributed by atoms with van der Waals surface area (Å²) in [6.07, 6.45) is 0.599. The SMILES string of the molecule is Cc1noc(C)c1S(=O)(=O)N1CCCN(CC(=O)Nc2nc(-c3ccc(F)cc3)cs2)CC1. The molecule has 1 fully saturated rings. The second-order valence-corrected chi connectivity index (χ2v) is 10.5. The molecule has 1 aliphatic rings. The molecule has 1 amide bonds.